The van der Waals surface area contributed by atoms with E-state index in [1.54, 1.807) is 32.0 Å². The number of phenols is 1. The number of aromatic nitrogens is 1. The molecule has 0 spiro atoms. The fraction of sp³-hybridized carbons (Fsp3) is 0.414. The van der Waals surface area contributed by atoms with E-state index in [0.717, 1.165) is 0 Å². The molecule has 2 fully saturated rings. The molecule has 0 bridgehead atoms. The molecule has 0 radical (unpaired) electrons. The van der Waals surface area contributed by atoms with Crippen LogP contribution in [0.1, 0.15) is 52.1 Å². The number of primary amides is 1. The molecular weight excluding hydrogens is 518 g/mol. The summed E-state index contributed by atoms with van der Waals surface area (Å²) in [7, 11) is 0. The first-order chi connectivity index (χ1) is 18.9. The number of Topliss-reactive ketones (excluding diaryl/α,β-unsaturated/α-hetero) is 4. The molecule has 2 unspecified atom stereocenters. The maximum atomic E-state index is 13.9. The maximum Gasteiger partial charge on any atom is 0.253 e. The molecule has 1 aromatic carbocycles. The minimum Gasteiger partial charge on any atom is -0.507 e. The average Bonchev–Trinajstić information content (AvgIpc) is 2.90. The van der Waals surface area contributed by atoms with Crippen LogP contribution in [0.15, 0.2) is 36.7 Å². The van der Waals surface area contributed by atoms with Crippen LogP contribution in [0.4, 0.5) is 0 Å². The first-order valence-electron chi connectivity index (χ1n) is 13.1. The van der Waals surface area contributed by atoms with E-state index in [-0.39, 0.29) is 30.7 Å². The highest BCUT2D eigenvalue weighted by atomic mass is 16.3. The summed E-state index contributed by atoms with van der Waals surface area (Å²) in [6, 6.07) is 6.08. The SMILES string of the molecule is CC(C)[C@@H]1C(=O)C(C(N)=O)C(=O)[C@@]2(O)C(=O)C3C(=O)c4c(O)ccc(CNC(=O)c5cccnc5)c4C[C@H]3C[C@@H]12. The van der Waals surface area contributed by atoms with Gasteiger partial charge in [-0.05, 0) is 54.0 Å². The van der Waals surface area contributed by atoms with E-state index in [9.17, 15) is 39.0 Å². The number of pyridine rings is 1. The van der Waals surface area contributed by atoms with E-state index < -0.39 is 76.1 Å². The molecule has 2 amide bonds. The number of fused-ring (bicyclic) bond motifs is 3. The van der Waals surface area contributed by atoms with Crippen molar-refractivity contribution in [3.05, 3.63) is 58.9 Å². The zero-order valence-corrected chi connectivity index (χ0v) is 21.9. The van der Waals surface area contributed by atoms with Gasteiger partial charge in [0.1, 0.15) is 5.75 Å². The van der Waals surface area contributed by atoms with E-state index in [0.29, 0.717) is 16.7 Å². The Balaban J connectivity index is 1.53. The average molecular weight is 548 g/mol. The molecule has 3 aliphatic carbocycles. The second kappa shape index (κ2) is 9.74. The molecule has 2 saturated carbocycles. The number of benzene rings is 1. The van der Waals surface area contributed by atoms with Gasteiger partial charge in [-0.3, -0.25) is 33.8 Å². The van der Waals surface area contributed by atoms with Crippen molar-refractivity contribution in [1.29, 1.82) is 0 Å². The van der Waals surface area contributed by atoms with Gasteiger partial charge < -0.3 is 21.3 Å². The number of ketones is 4. The van der Waals surface area contributed by atoms with Crippen molar-refractivity contribution >= 4 is 34.9 Å². The first-order valence-corrected chi connectivity index (χ1v) is 13.1. The van der Waals surface area contributed by atoms with Crippen molar-refractivity contribution < 1.29 is 39.0 Å². The molecule has 40 heavy (non-hydrogen) atoms. The lowest BCUT2D eigenvalue weighted by Gasteiger charge is -2.52. The quantitative estimate of drug-likeness (QED) is 0.386. The summed E-state index contributed by atoms with van der Waals surface area (Å²) in [6.45, 7) is 3.40. The van der Waals surface area contributed by atoms with Gasteiger partial charge in [0.15, 0.2) is 34.7 Å². The highest BCUT2D eigenvalue weighted by molar-refractivity contribution is 6.31. The third kappa shape index (κ3) is 3.95. The molecule has 6 atom stereocenters. The Labute approximate surface area is 229 Å². The number of nitrogens with one attached hydrogen (secondary N) is 1. The fourth-order valence-electron chi connectivity index (χ4n) is 6.86. The number of phenolic OH excluding ortho intramolecular Hbond substituents is 1. The number of carbonyl (C=O) groups is 6. The van der Waals surface area contributed by atoms with Gasteiger partial charge in [0.25, 0.3) is 5.91 Å². The standard InChI is InChI=1S/C29H29N3O8/c1-12(2)19-17-9-15-8-16-13(11-32-28(39)14-4-3-7-31-10-14)5-6-18(33)21(16)24(35)20(15)25(36)29(17,40)26(37)22(23(19)34)27(30)38/h3-7,10,12,15,17,19-20,22,33,40H,8-9,11H2,1-2H3,(H2,30,38)(H,32,39)/t15-,17-,19-,20?,22?,29-/m0/s1. The number of amides is 2. The van der Waals surface area contributed by atoms with E-state index in [2.05, 4.69) is 10.3 Å². The number of rotatable bonds is 5. The molecule has 1 aromatic heterocycles. The highest BCUT2D eigenvalue weighted by Crippen LogP contribution is 2.53. The Hall–Kier alpha value is -4.25. The molecule has 5 rings (SSSR count). The fourth-order valence-corrected chi connectivity index (χ4v) is 6.86. The monoisotopic (exact) mass is 547 g/mol. The van der Waals surface area contributed by atoms with Crippen molar-refractivity contribution in [2.75, 3.05) is 0 Å². The van der Waals surface area contributed by atoms with Crippen molar-refractivity contribution in [3.63, 3.8) is 0 Å². The van der Waals surface area contributed by atoms with Crippen LogP contribution < -0.4 is 11.1 Å². The van der Waals surface area contributed by atoms with Crippen LogP contribution in [-0.2, 0) is 32.1 Å². The number of hydrogen-bond acceptors (Lipinski definition) is 9. The zero-order chi connectivity index (χ0) is 29.1. The molecule has 208 valence electrons. The van der Waals surface area contributed by atoms with Gasteiger partial charge in [-0.25, -0.2) is 0 Å². The Morgan fingerprint density at radius 2 is 1.88 bits per heavy atom. The predicted octanol–water partition coefficient (Wildman–Crippen LogP) is 0.534. The van der Waals surface area contributed by atoms with Crippen LogP contribution >= 0.6 is 0 Å². The van der Waals surface area contributed by atoms with Crippen LogP contribution in [0.3, 0.4) is 0 Å². The predicted molar refractivity (Wildman–Crippen MR) is 138 cm³/mol. The molecule has 2 aromatic rings. The molecule has 11 nitrogen and oxygen atoms in total. The highest BCUT2D eigenvalue weighted by Gasteiger charge is 2.69. The van der Waals surface area contributed by atoms with Crippen LogP contribution in [0.5, 0.6) is 5.75 Å². The lowest BCUT2D eigenvalue weighted by molar-refractivity contribution is -0.182. The van der Waals surface area contributed by atoms with Crippen LogP contribution in [-0.4, -0.2) is 55.7 Å². The molecule has 3 aliphatic rings. The van der Waals surface area contributed by atoms with Crippen molar-refractivity contribution in [2.24, 2.45) is 41.2 Å². The molecule has 11 heteroatoms. The van der Waals surface area contributed by atoms with Crippen molar-refractivity contribution in [1.82, 2.24) is 10.3 Å². The lowest BCUT2D eigenvalue weighted by atomic mass is 9.49. The van der Waals surface area contributed by atoms with Gasteiger partial charge in [-0.2, -0.15) is 0 Å². The Morgan fingerprint density at radius 3 is 2.50 bits per heavy atom. The number of aliphatic hydroxyl groups is 1. The smallest absolute Gasteiger partial charge is 0.253 e. The normalized spacial score (nSPS) is 29.4. The summed E-state index contributed by atoms with van der Waals surface area (Å²) in [5, 5.41) is 25.0. The zero-order valence-electron chi connectivity index (χ0n) is 21.9. The summed E-state index contributed by atoms with van der Waals surface area (Å²) in [6.07, 6.45) is 3.06. The summed E-state index contributed by atoms with van der Waals surface area (Å²) in [4.78, 5) is 82.7. The van der Waals surface area contributed by atoms with Gasteiger partial charge in [0.05, 0.1) is 17.0 Å². The second-order valence-electron chi connectivity index (χ2n) is 11.2. The molecule has 0 saturated heterocycles. The Morgan fingerprint density at radius 1 is 1.15 bits per heavy atom. The number of carbonyl (C=O) groups excluding carboxylic acids is 6. The van der Waals surface area contributed by atoms with E-state index in [1.165, 1.54) is 18.5 Å². The summed E-state index contributed by atoms with van der Waals surface area (Å²) in [5.74, 6) is -12.6. The number of aromatic hydroxyl groups is 1. The van der Waals surface area contributed by atoms with Gasteiger partial charge in [-0.1, -0.05) is 19.9 Å². The number of hydrogen-bond donors (Lipinski definition) is 4. The maximum absolute atomic E-state index is 13.9. The molecule has 0 aliphatic heterocycles. The van der Waals surface area contributed by atoms with Gasteiger partial charge in [0, 0.05) is 30.8 Å². The largest absolute Gasteiger partial charge is 0.507 e. The van der Waals surface area contributed by atoms with Crippen LogP contribution in [0, 0.1) is 35.5 Å². The molecular formula is C29H29N3O8. The van der Waals surface area contributed by atoms with E-state index in [1.807, 2.05) is 0 Å². The van der Waals surface area contributed by atoms with Crippen LogP contribution in [0.25, 0.3) is 0 Å². The minimum absolute atomic E-state index is 0.0129. The number of nitrogens with zero attached hydrogens (tertiary/aromatic N) is 1. The third-order valence-corrected chi connectivity index (χ3v) is 8.66. The van der Waals surface area contributed by atoms with Crippen molar-refractivity contribution in [2.45, 2.75) is 38.8 Å². The Kier molecular flexibility index (Phi) is 6.65. The topological polar surface area (TPSA) is 194 Å². The summed E-state index contributed by atoms with van der Waals surface area (Å²) >= 11 is 0. The van der Waals surface area contributed by atoms with E-state index in [4.69, 9.17) is 5.73 Å². The van der Waals surface area contributed by atoms with Gasteiger partial charge in [0.2, 0.25) is 5.91 Å². The minimum atomic E-state index is -2.73. The van der Waals surface area contributed by atoms with Gasteiger partial charge in [-0.15, -0.1) is 0 Å². The van der Waals surface area contributed by atoms with Crippen molar-refractivity contribution in [3.8, 4) is 5.75 Å². The Bertz CT molecular complexity index is 1470. The lowest BCUT2D eigenvalue weighted by Crippen LogP contribution is -2.71. The second-order valence-corrected chi connectivity index (χ2v) is 11.2. The molecule has 5 N–H and O–H groups in total. The summed E-state index contributed by atoms with van der Waals surface area (Å²) < 4.78 is 0. The van der Waals surface area contributed by atoms with E-state index >= 15 is 0 Å². The third-order valence-electron chi connectivity index (χ3n) is 8.66. The number of nitrogens with two attached hydrogens (primary N) is 1. The van der Waals surface area contributed by atoms with Gasteiger partial charge >= 0.3 is 0 Å². The summed E-state index contributed by atoms with van der Waals surface area (Å²) in [5.41, 5.74) is 3.83. The molecule has 1 heterocycles. The van der Waals surface area contributed by atoms with Crippen LogP contribution in [0.2, 0.25) is 0 Å². The first kappa shape index (κ1) is 27.3.